The van der Waals surface area contributed by atoms with Crippen LogP contribution in [0.25, 0.3) is 0 Å². The fraction of sp³-hybridized carbons (Fsp3) is 0.200. The lowest BCUT2D eigenvalue weighted by molar-refractivity contribution is -0.386. The number of non-ortho nitro benzene ring substituents is 1. The summed E-state index contributed by atoms with van der Waals surface area (Å²) in [5.41, 5.74) is -1.52. The number of alkyl halides is 2. The highest BCUT2D eigenvalue weighted by molar-refractivity contribution is 5.91. The first-order valence-corrected chi connectivity index (χ1v) is 9.39. The number of benzene rings is 2. The number of halogens is 2. The maximum absolute atomic E-state index is 13.1. The van der Waals surface area contributed by atoms with E-state index in [1.807, 2.05) is 6.92 Å². The predicted octanol–water partition coefficient (Wildman–Crippen LogP) is 4.68. The first-order chi connectivity index (χ1) is 15.5. The normalized spacial score (nSPS) is 10.8. The van der Waals surface area contributed by atoms with E-state index in [4.69, 9.17) is 4.74 Å². The molecule has 0 aliphatic rings. The van der Waals surface area contributed by atoms with Crippen molar-refractivity contribution < 1.29 is 28.2 Å². The van der Waals surface area contributed by atoms with Gasteiger partial charge in [0.2, 0.25) is 11.6 Å². The Morgan fingerprint density at radius 3 is 2.30 bits per heavy atom. The number of carbonyl (C=O) groups is 1. The number of nitro benzene ring substituents is 1. The van der Waals surface area contributed by atoms with Crippen molar-refractivity contribution in [1.29, 1.82) is 0 Å². The second-order valence-electron chi connectivity index (χ2n) is 6.97. The molecular weight excluding hydrogens is 444 g/mol. The van der Waals surface area contributed by atoms with Gasteiger partial charge in [-0.2, -0.15) is 5.10 Å². The Morgan fingerprint density at radius 2 is 1.76 bits per heavy atom. The molecule has 0 unspecified atom stereocenters. The van der Waals surface area contributed by atoms with E-state index >= 15 is 0 Å². The van der Waals surface area contributed by atoms with Gasteiger partial charge in [-0.1, -0.05) is 17.7 Å². The van der Waals surface area contributed by atoms with Gasteiger partial charge in [-0.3, -0.25) is 29.7 Å². The molecule has 0 fully saturated rings. The standard InChI is InChI=1S/C20H17F2N5O6/c1-11-3-5-15(6-4-11)33-16-8-13(7-14(9-16)26(29)30)23-17(28)10-25-12(2)19(27(31)32)18(24-25)20(21)22/h3-9,20H,10H2,1-2H3,(H,23,28). The molecule has 0 saturated heterocycles. The van der Waals surface area contributed by atoms with Gasteiger partial charge in [0, 0.05) is 12.1 Å². The second-order valence-corrected chi connectivity index (χ2v) is 6.97. The fourth-order valence-electron chi connectivity index (χ4n) is 2.99. The summed E-state index contributed by atoms with van der Waals surface area (Å²) in [6.45, 7) is 2.44. The van der Waals surface area contributed by atoms with E-state index in [1.165, 1.54) is 19.1 Å². The van der Waals surface area contributed by atoms with Gasteiger partial charge >= 0.3 is 5.69 Å². The lowest BCUT2D eigenvalue weighted by Crippen LogP contribution is -2.20. The van der Waals surface area contributed by atoms with E-state index in [0.717, 1.165) is 16.3 Å². The SMILES string of the molecule is Cc1ccc(Oc2cc(NC(=O)Cn3nc(C(F)F)c([N+](=O)[O-])c3C)cc([N+](=O)[O-])c2)cc1. The number of amides is 1. The van der Waals surface area contributed by atoms with Gasteiger partial charge in [0.25, 0.3) is 12.1 Å². The van der Waals surface area contributed by atoms with Crippen molar-refractivity contribution in [2.75, 3.05) is 5.32 Å². The van der Waals surface area contributed by atoms with E-state index in [2.05, 4.69) is 10.4 Å². The fourth-order valence-corrected chi connectivity index (χ4v) is 2.99. The zero-order valence-electron chi connectivity index (χ0n) is 17.3. The number of rotatable bonds is 8. The van der Waals surface area contributed by atoms with E-state index in [-0.39, 0.29) is 22.8 Å². The molecule has 13 heteroatoms. The van der Waals surface area contributed by atoms with Crippen molar-refractivity contribution in [3.63, 3.8) is 0 Å². The van der Waals surface area contributed by atoms with E-state index in [0.29, 0.717) is 5.75 Å². The molecule has 3 rings (SSSR count). The van der Waals surface area contributed by atoms with E-state index in [9.17, 15) is 33.8 Å². The Labute approximate surface area is 184 Å². The topological polar surface area (TPSA) is 142 Å². The summed E-state index contributed by atoms with van der Waals surface area (Å²) >= 11 is 0. The van der Waals surface area contributed by atoms with Crippen LogP contribution in [0, 0.1) is 34.1 Å². The van der Waals surface area contributed by atoms with Crippen LogP contribution in [0.3, 0.4) is 0 Å². The number of nitrogens with one attached hydrogen (secondary N) is 1. The van der Waals surface area contributed by atoms with Crippen LogP contribution < -0.4 is 10.1 Å². The molecule has 3 aromatic rings. The number of nitro groups is 2. The van der Waals surface area contributed by atoms with Crippen LogP contribution in [0.5, 0.6) is 11.5 Å². The largest absolute Gasteiger partial charge is 0.457 e. The Balaban J connectivity index is 1.84. The van der Waals surface area contributed by atoms with Gasteiger partial charge in [0.05, 0.1) is 21.6 Å². The quantitative estimate of drug-likeness (QED) is 0.379. The van der Waals surface area contributed by atoms with Gasteiger partial charge in [-0.15, -0.1) is 0 Å². The first-order valence-electron chi connectivity index (χ1n) is 9.39. The summed E-state index contributed by atoms with van der Waals surface area (Å²) < 4.78 is 32.5. The molecule has 0 radical (unpaired) electrons. The minimum atomic E-state index is -3.20. The van der Waals surface area contributed by atoms with Crippen molar-refractivity contribution in [2.45, 2.75) is 26.8 Å². The average molecular weight is 461 g/mol. The van der Waals surface area contributed by atoms with Crippen molar-refractivity contribution >= 4 is 23.0 Å². The molecule has 0 aliphatic heterocycles. The molecule has 1 aromatic heterocycles. The number of ether oxygens (including phenoxy) is 1. The summed E-state index contributed by atoms with van der Waals surface area (Å²) in [6, 6.07) is 10.5. The lowest BCUT2D eigenvalue weighted by atomic mass is 10.2. The number of carbonyl (C=O) groups excluding carboxylic acids is 1. The number of hydrogen-bond acceptors (Lipinski definition) is 7. The smallest absolute Gasteiger partial charge is 0.319 e. The molecule has 0 saturated carbocycles. The maximum Gasteiger partial charge on any atom is 0.319 e. The van der Waals surface area contributed by atoms with Gasteiger partial charge in [-0.25, -0.2) is 8.78 Å². The Kier molecular flexibility index (Phi) is 6.61. The summed E-state index contributed by atoms with van der Waals surface area (Å²) in [7, 11) is 0. The second kappa shape index (κ2) is 9.38. The number of nitrogens with zero attached hydrogens (tertiary/aromatic N) is 4. The predicted molar refractivity (Wildman–Crippen MR) is 112 cm³/mol. The molecule has 2 aromatic carbocycles. The van der Waals surface area contributed by atoms with Crippen LogP contribution in [0.2, 0.25) is 0 Å². The minimum absolute atomic E-state index is 0.00436. The van der Waals surface area contributed by atoms with Crippen LogP contribution in [0.4, 0.5) is 25.8 Å². The summed E-state index contributed by atoms with van der Waals surface area (Å²) in [4.78, 5) is 33.1. The molecule has 0 spiro atoms. The summed E-state index contributed by atoms with van der Waals surface area (Å²) in [6.07, 6.45) is -3.20. The molecule has 1 amide bonds. The highest BCUT2D eigenvalue weighted by atomic mass is 19.3. The highest BCUT2D eigenvalue weighted by Gasteiger charge is 2.31. The van der Waals surface area contributed by atoms with Crippen LogP contribution in [-0.4, -0.2) is 25.5 Å². The molecule has 0 atom stereocenters. The first kappa shape index (κ1) is 23.2. The third-order valence-corrected chi connectivity index (χ3v) is 4.53. The van der Waals surface area contributed by atoms with Crippen LogP contribution in [0.1, 0.15) is 23.4 Å². The average Bonchev–Trinajstić information content (AvgIpc) is 3.06. The third kappa shape index (κ3) is 5.44. The van der Waals surface area contributed by atoms with E-state index < -0.39 is 40.1 Å². The Bertz CT molecular complexity index is 1230. The Hall–Kier alpha value is -4.42. The van der Waals surface area contributed by atoms with Gasteiger partial charge in [-0.05, 0) is 26.0 Å². The maximum atomic E-state index is 13.1. The number of hydrogen-bond donors (Lipinski definition) is 1. The highest BCUT2D eigenvalue weighted by Crippen LogP contribution is 2.32. The Morgan fingerprint density at radius 1 is 1.09 bits per heavy atom. The molecule has 172 valence electrons. The van der Waals surface area contributed by atoms with Crippen molar-refractivity contribution in [1.82, 2.24) is 9.78 Å². The van der Waals surface area contributed by atoms with Crippen LogP contribution >= 0.6 is 0 Å². The number of anilines is 1. The van der Waals surface area contributed by atoms with Crippen LogP contribution in [0.15, 0.2) is 42.5 Å². The molecule has 1 heterocycles. The molecule has 11 nitrogen and oxygen atoms in total. The molecular formula is C20H17F2N5O6. The summed E-state index contributed by atoms with van der Waals surface area (Å²) in [5, 5.41) is 28.2. The van der Waals surface area contributed by atoms with Crippen LogP contribution in [-0.2, 0) is 11.3 Å². The zero-order valence-corrected chi connectivity index (χ0v) is 17.3. The van der Waals surface area contributed by atoms with Gasteiger partial charge in [0.15, 0.2) is 0 Å². The zero-order chi connectivity index (χ0) is 24.3. The number of aryl methyl sites for hydroxylation is 1. The molecule has 0 bridgehead atoms. The van der Waals surface area contributed by atoms with Gasteiger partial charge < -0.3 is 10.1 Å². The summed E-state index contributed by atoms with van der Waals surface area (Å²) in [5.74, 6) is -0.301. The van der Waals surface area contributed by atoms with Crippen molar-refractivity contribution in [3.8, 4) is 11.5 Å². The molecule has 33 heavy (non-hydrogen) atoms. The lowest BCUT2D eigenvalue weighted by Gasteiger charge is -2.10. The third-order valence-electron chi connectivity index (χ3n) is 4.53. The van der Waals surface area contributed by atoms with E-state index in [1.54, 1.807) is 24.3 Å². The van der Waals surface area contributed by atoms with Crippen molar-refractivity contribution in [2.24, 2.45) is 0 Å². The van der Waals surface area contributed by atoms with Crippen molar-refractivity contribution in [3.05, 3.63) is 79.6 Å². The minimum Gasteiger partial charge on any atom is -0.457 e. The van der Waals surface area contributed by atoms with Gasteiger partial charge in [0.1, 0.15) is 23.7 Å². The number of aromatic nitrogens is 2. The monoisotopic (exact) mass is 461 g/mol. The molecule has 0 aliphatic carbocycles. The molecule has 1 N–H and O–H groups in total.